The van der Waals surface area contributed by atoms with Crippen molar-refractivity contribution < 1.29 is 4.39 Å². The van der Waals surface area contributed by atoms with Crippen LogP contribution in [0, 0.1) is 23.7 Å². The molecule has 0 aliphatic heterocycles. The molecule has 1 aromatic heterocycles. The summed E-state index contributed by atoms with van der Waals surface area (Å²) < 4.78 is 12.9. The second-order valence-corrected chi connectivity index (χ2v) is 5.07. The first-order valence-electron chi connectivity index (χ1n) is 6.19. The van der Waals surface area contributed by atoms with Gasteiger partial charge in [-0.3, -0.25) is 0 Å². The van der Waals surface area contributed by atoms with Gasteiger partial charge in [0.05, 0.1) is 0 Å². The Morgan fingerprint density at radius 3 is 2.50 bits per heavy atom. The normalized spacial score (nSPS) is 20.1. The van der Waals surface area contributed by atoms with Gasteiger partial charge in [0, 0.05) is 6.54 Å². The quantitative estimate of drug-likeness (QED) is 0.771. The van der Waals surface area contributed by atoms with E-state index in [4.69, 9.17) is 0 Å². The summed E-state index contributed by atoms with van der Waals surface area (Å²) in [6.45, 7) is 0.964. The van der Waals surface area contributed by atoms with Crippen molar-refractivity contribution in [1.82, 2.24) is 4.98 Å². The molecule has 1 heterocycles. The van der Waals surface area contributed by atoms with Crippen molar-refractivity contribution in [3.05, 3.63) is 24.1 Å². The zero-order valence-electron chi connectivity index (χ0n) is 9.32. The number of halogens is 1. The molecule has 2 aliphatic carbocycles. The standard InChI is InChI=1S/C13H17FN2/c14-12-2-1-3-13(16-12)15-8-11(9-4-5-9)10-6-7-10/h1-3,9-11H,4-8H2,(H,15,16). The molecule has 2 nitrogen and oxygen atoms in total. The first-order chi connectivity index (χ1) is 7.83. The van der Waals surface area contributed by atoms with Crippen molar-refractivity contribution in [2.45, 2.75) is 25.7 Å². The molecule has 2 aliphatic rings. The van der Waals surface area contributed by atoms with Crippen LogP contribution in [0.4, 0.5) is 10.2 Å². The van der Waals surface area contributed by atoms with Crippen LogP contribution < -0.4 is 5.32 Å². The summed E-state index contributed by atoms with van der Waals surface area (Å²) in [6.07, 6.45) is 5.55. The Hall–Kier alpha value is -1.12. The summed E-state index contributed by atoms with van der Waals surface area (Å²) in [4.78, 5) is 3.83. The maximum atomic E-state index is 12.9. The van der Waals surface area contributed by atoms with Crippen molar-refractivity contribution in [1.29, 1.82) is 0 Å². The number of hydrogen-bond donors (Lipinski definition) is 1. The van der Waals surface area contributed by atoms with Crippen LogP contribution >= 0.6 is 0 Å². The van der Waals surface area contributed by atoms with Crippen molar-refractivity contribution in [2.75, 3.05) is 11.9 Å². The number of rotatable bonds is 5. The highest BCUT2D eigenvalue weighted by atomic mass is 19.1. The molecule has 0 spiro atoms. The molecule has 3 heteroatoms. The van der Waals surface area contributed by atoms with Gasteiger partial charge in [0.2, 0.25) is 5.95 Å². The molecule has 0 unspecified atom stereocenters. The molecule has 2 saturated carbocycles. The van der Waals surface area contributed by atoms with Gasteiger partial charge in [-0.2, -0.15) is 4.39 Å². The maximum absolute atomic E-state index is 12.9. The number of anilines is 1. The minimum absolute atomic E-state index is 0.403. The fourth-order valence-electron chi connectivity index (χ4n) is 2.50. The zero-order valence-corrected chi connectivity index (χ0v) is 9.32. The molecule has 0 amide bonds. The lowest BCUT2D eigenvalue weighted by Crippen LogP contribution is -2.18. The molecule has 3 rings (SSSR count). The highest BCUT2D eigenvalue weighted by Crippen LogP contribution is 2.49. The number of nitrogens with one attached hydrogen (secondary N) is 1. The van der Waals surface area contributed by atoms with Gasteiger partial charge in [-0.25, -0.2) is 4.98 Å². The van der Waals surface area contributed by atoms with Crippen LogP contribution in [0.3, 0.4) is 0 Å². The van der Waals surface area contributed by atoms with E-state index in [9.17, 15) is 4.39 Å². The summed E-state index contributed by atoms with van der Waals surface area (Å²) in [6, 6.07) is 4.91. The first kappa shape index (κ1) is 10.1. The van der Waals surface area contributed by atoms with E-state index >= 15 is 0 Å². The van der Waals surface area contributed by atoms with Crippen LogP contribution in [0.1, 0.15) is 25.7 Å². The van der Waals surface area contributed by atoms with E-state index in [0.717, 1.165) is 24.3 Å². The Morgan fingerprint density at radius 1 is 1.25 bits per heavy atom. The molecular formula is C13H17FN2. The highest BCUT2D eigenvalue weighted by Gasteiger charge is 2.40. The van der Waals surface area contributed by atoms with E-state index in [0.29, 0.717) is 5.82 Å². The monoisotopic (exact) mass is 220 g/mol. The van der Waals surface area contributed by atoms with Gasteiger partial charge in [-0.15, -0.1) is 0 Å². The molecule has 0 saturated heterocycles. The predicted molar refractivity (Wildman–Crippen MR) is 61.6 cm³/mol. The Balaban J connectivity index is 1.58. The van der Waals surface area contributed by atoms with Gasteiger partial charge in [-0.1, -0.05) is 6.07 Å². The number of aromatic nitrogens is 1. The summed E-state index contributed by atoms with van der Waals surface area (Å²) >= 11 is 0. The molecule has 0 atom stereocenters. The minimum Gasteiger partial charge on any atom is -0.370 e. The van der Waals surface area contributed by atoms with E-state index in [1.165, 1.54) is 31.7 Å². The molecule has 2 fully saturated rings. The second-order valence-electron chi connectivity index (χ2n) is 5.07. The fourth-order valence-corrected chi connectivity index (χ4v) is 2.50. The maximum Gasteiger partial charge on any atom is 0.214 e. The highest BCUT2D eigenvalue weighted by molar-refractivity contribution is 5.33. The molecular weight excluding hydrogens is 203 g/mol. The third-order valence-electron chi connectivity index (χ3n) is 3.69. The summed E-state index contributed by atoms with van der Waals surface area (Å²) in [5, 5.41) is 3.28. The summed E-state index contributed by atoms with van der Waals surface area (Å²) in [5.74, 6) is 2.91. The topological polar surface area (TPSA) is 24.9 Å². The van der Waals surface area contributed by atoms with Gasteiger partial charge in [0.25, 0.3) is 0 Å². The molecule has 16 heavy (non-hydrogen) atoms. The predicted octanol–water partition coefficient (Wildman–Crippen LogP) is 3.07. The van der Waals surface area contributed by atoms with Crippen LogP contribution in [-0.4, -0.2) is 11.5 Å². The number of pyridine rings is 1. The van der Waals surface area contributed by atoms with Crippen molar-refractivity contribution in [3.63, 3.8) is 0 Å². The lowest BCUT2D eigenvalue weighted by Gasteiger charge is -2.16. The average molecular weight is 220 g/mol. The van der Waals surface area contributed by atoms with Crippen LogP contribution in [0.5, 0.6) is 0 Å². The Morgan fingerprint density at radius 2 is 1.94 bits per heavy atom. The molecule has 1 N–H and O–H groups in total. The molecule has 1 aromatic rings. The van der Waals surface area contributed by atoms with E-state index in [1.54, 1.807) is 6.07 Å². The van der Waals surface area contributed by atoms with Crippen LogP contribution in [0.2, 0.25) is 0 Å². The Bertz CT molecular complexity index is 360. The Kier molecular flexibility index (Phi) is 2.54. The van der Waals surface area contributed by atoms with Gasteiger partial charge in [0.1, 0.15) is 5.82 Å². The minimum atomic E-state index is -0.403. The van der Waals surface area contributed by atoms with Gasteiger partial charge in [-0.05, 0) is 55.6 Å². The fraction of sp³-hybridized carbons (Fsp3) is 0.615. The van der Waals surface area contributed by atoms with Crippen molar-refractivity contribution in [2.24, 2.45) is 17.8 Å². The molecule has 0 bridgehead atoms. The number of hydrogen-bond acceptors (Lipinski definition) is 2. The van der Waals surface area contributed by atoms with Crippen LogP contribution in [-0.2, 0) is 0 Å². The van der Waals surface area contributed by atoms with E-state index in [1.807, 2.05) is 6.07 Å². The molecule has 0 radical (unpaired) electrons. The summed E-state index contributed by atoms with van der Waals surface area (Å²) in [7, 11) is 0. The van der Waals surface area contributed by atoms with Crippen molar-refractivity contribution in [3.8, 4) is 0 Å². The van der Waals surface area contributed by atoms with Crippen LogP contribution in [0.25, 0.3) is 0 Å². The van der Waals surface area contributed by atoms with E-state index < -0.39 is 5.95 Å². The lowest BCUT2D eigenvalue weighted by molar-refractivity contribution is 0.427. The Labute approximate surface area is 95.3 Å². The van der Waals surface area contributed by atoms with Gasteiger partial charge in [0.15, 0.2) is 0 Å². The first-order valence-corrected chi connectivity index (χ1v) is 6.19. The molecule has 0 aromatic carbocycles. The largest absolute Gasteiger partial charge is 0.370 e. The van der Waals surface area contributed by atoms with Gasteiger partial charge < -0.3 is 5.32 Å². The SMILES string of the molecule is Fc1cccc(NCC(C2CC2)C2CC2)n1. The van der Waals surface area contributed by atoms with Crippen LogP contribution in [0.15, 0.2) is 18.2 Å². The third kappa shape index (κ3) is 2.34. The third-order valence-corrected chi connectivity index (χ3v) is 3.69. The van der Waals surface area contributed by atoms with E-state index in [-0.39, 0.29) is 0 Å². The number of nitrogens with zero attached hydrogens (tertiary/aromatic N) is 1. The average Bonchev–Trinajstić information content (AvgIpc) is 3.13. The molecule has 86 valence electrons. The van der Waals surface area contributed by atoms with Gasteiger partial charge >= 0.3 is 0 Å². The van der Waals surface area contributed by atoms with Crippen molar-refractivity contribution >= 4 is 5.82 Å². The zero-order chi connectivity index (χ0) is 11.0. The smallest absolute Gasteiger partial charge is 0.214 e. The lowest BCUT2D eigenvalue weighted by atomic mass is 9.98. The van der Waals surface area contributed by atoms with E-state index in [2.05, 4.69) is 10.3 Å². The summed E-state index contributed by atoms with van der Waals surface area (Å²) in [5.41, 5.74) is 0. The second kappa shape index (κ2) is 4.04.